The Kier molecular flexibility index (Phi) is 6.36. The molecule has 1 aliphatic heterocycles. The molecule has 1 heterocycles. The van der Waals surface area contributed by atoms with Crippen molar-refractivity contribution in [1.82, 2.24) is 10.3 Å². The Morgan fingerprint density at radius 3 is 2.56 bits per heavy atom. The van der Waals surface area contributed by atoms with E-state index in [1.807, 2.05) is 19.1 Å². The van der Waals surface area contributed by atoms with Gasteiger partial charge in [-0.05, 0) is 48.0 Å². The first-order chi connectivity index (χ1) is 13.0. The number of rotatable bonds is 5. The molecule has 3 rings (SSSR count). The van der Waals surface area contributed by atoms with Crippen molar-refractivity contribution < 1.29 is 4.39 Å². The van der Waals surface area contributed by atoms with Crippen molar-refractivity contribution in [3.63, 3.8) is 0 Å². The van der Waals surface area contributed by atoms with Crippen LogP contribution in [0.25, 0.3) is 0 Å². The molecule has 5 nitrogen and oxygen atoms in total. The first-order valence-electron chi connectivity index (χ1n) is 8.93. The summed E-state index contributed by atoms with van der Waals surface area (Å²) >= 11 is 4.69. The number of hydrazone groups is 1. The van der Waals surface area contributed by atoms with E-state index in [0.29, 0.717) is 11.3 Å². The zero-order chi connectivity index (χ0) is 19.2. The minimum atomic E-state index is -0.233. The van der Waals surface area contributed by atoms with Crippen LogP contribution in [0.1, 0.15) is 16.7 Å². The van der Waals surface area contributed by atoms with Crippen molar-refractivity contribution in [1.29, 1.82) is 0 Å². The van der Waals surface area contributed by atoms with Crippen LogP contribution in [-0.4, -0.2) is 42.4 Å². The molecule has 0 unspecified atom stereocenters. The van der Waals surface area contributed by atoms with E-state index in [1.54, 1.807) is 0 Å². The molecule has 0 spiro atoms. The second kappa shape index (κ2) is 8.92. The Morgan fingerprint density at radius 1 is 1.22 bits per heavy atom. The standard InChI is InChI=1S/C20H24FN5S/c1-15-11-17(13-23-24-20(22)27)12-18(21)19(15)26-9-7-25(8-10-26)14-16-5-3-2-4-6-16/h2-6,11-13H,7-10,14H2,1H3,(H3,22,24,27)/b23-13+. The fourth-order valence-electron chi connectivity index (χ4n) is 3.38. The van der Waals surface area contributed by atoms with Crippen molar-refractivity contribution in [2.24, 2.45) is 10.8 Å². The number of nitrogens with two attached hydrogens (primary N) is 1. The van der Waals surface area contributed by atoms with Crippen LogP contribution < -0.4 is 16.1 Å². The van der Waals surface area contributed by atoms with Gasteiger partial charge in [0.15, 0.2) is 5.11 Å². The number of halogens is 1. The number of anilines is 1. The molecule has 0 aromatic heterocycles. The fourth-order valence-corrected chi connectivity index (χ4v) is 3.43. The van der Waals surface area contributed by atoms with Crippen LogP contribution in [0.15, 0.2) is 47.6 Å². The van der Waals surface area contributed by atoms with Crippen LogP contribution in [0.4, 0.5) is 10.1 Å². The van der Waals surface area contributed by atoms with Crippen molar-refractivity contribution in [2.45, 2.75) is 13.5 Å². The molecule has 2 aromatic carbocycles. The van der Waals surface area contributed by atoms with Crippen molar-refractivity contribution in [3.8, 4) is 0 Å². The number of hydrogen-bond acceptors (Lipinski definition) is 4. The highest BCUT2D eigenvalue weighted by atomic mass is 32.1. The molecule has 1 aliphatic rings. The summed E-state index contributed by atoms with van der Waals surface area (Å²) in [5, 5.41) is 3.96. The van der Waals surface area contributed by atoms with Gasteiger partial charge in [-0.1, -0.05) is 30.3 Å². The SMILES string of the molecule is Cc1cc(/C=N/NC(N)=S)cc(F)c1N1CCN(Cc2ccccc2)CC1. The Bertz CT molecular complexity index is 793. The Morgan fingerprint density at radius 2 is 1.93 bits per heavy atom. The molecule has 0 aliphatic carbocycles. The van der Waals surface area contributed by atoms with E-state index < -0.39 is 0 Å². The van der Waals surface area contributed by atoms with Gasteiger partial charge in [-0.3, -0.25) is 10.3 Å². The number of piperazine rings is 1. The molecular weight excluding hydrogens is 361 g/mol. The van der Waals surface area contributed by atoms with Gasteiger partial charge in [0.25, 0.3) is 0 Å². The highest BCUT2D eigenvalue weighted by Crippen LogP contribution is 2.26. The van der Waals surface area contributed by atoms with Gasteiger partial charge in [0.2, 0.25) is 0 Å². The molecule has 1 saturated heterocycles. The summed E-state index contributed by atoms with van der Waals surface area (Å²) < 4.78 is 14.7. The summed E-state index contributed by atoms with van der Waals surface area (Å²) in [5.41, 5.74) is 11.3. The van der Waals surface area contributed by atoms with Crippen molar-refractivity contribution in [3.05, 3.63) is 65.0 Å². The third-order valence-corrected chi connectivity index (χ3v) is 4.69. The van der Waals surface area contributed by atoms with Crippen molar-refractivity contribution in [2.75, 3.05) is 31.1 Å². The van der Waals surface area contributed by atoms with Crippen LogP contribution in [0, 0.1) is 12.7 Å². The predicted octanol–water partition coefficient (Wildman–Crippen LogP) is 2.62. The van der Waals surface area contributed by atoms with Crippen LogP contribution in [0.2, 0.25) is 0 Å². The minimum absolute atomic E-state index is 0.0773. The Labute approximate surface area is 164 Å². The molecule has 27 heavy (non-hydrogen) atoms. The maximum absolute atomic E-state index is 14.7. The number of nitrogens with one attached hydrogen (secondary N) is 1. The van der Waals surface area contributed by atoms with Crippen LogP contribution in [-0.2, 0) is 6.54 Å². The number of nitrogens with zero attached hydrogens (tertiary/aromatic N) is 3. The molecule has 1 fully saturated rings. The average molecular weight is 386 g/mol. The molecule has 0 amide bonds. The minimum Gasteiger partial charge on any atom is -0.375 e. The van der Waals surface area contributed by atoms with Crippen LogP contribution in [0.3, 0.4) is 0 Å². The number of benzene rings is 2. The summed E-state index contributed by atoms with van der Waals surface area (Å²) in [6.07, 6.45) is 1.51. The highest BCUT2D eigenvalue weighted by molar-refractivity contribution is 7.80. The van der Waals surface area contributed by atoms with E-state index in [0.717, 1.165) is 38.3 Å². The number of aryl methyl sites for hydroxylation is 1. The van der Waals surface area contributed by atoms with Gasteiger partial charge in [-0.25, -0.2) is 4.39 Å². The van der Waals surface area contributed by atoms with Gasteiger partial charge in [0.1, 0.15) is 5.82 Å². The smallest absolute Gasteiger partial charge is 0.184 e. The highest BCUT2D eigenvalue weighted by Gasteiger charge is 2.21. The summed E-state index contributed by atoms with van der Waals surface area (Å²) in [6.45, 7) is 6.29. The lowest BCUT2D eigenvalue weighted by atomic mass is 10.1. The maximum Gasteiger partial charge on any atom is 0.184 e. The molecule has 142 valence electrons. The van der Waals surface area contributed by atoms with Gasteiger partial charge in [0, 0.05) is 32.7 Å². The van der Waals surface area contributed by atoms with Crippen LogP contribution >= 0.6 is 12.2 Å². The summed E-state index contributed by atoms with van der Waals surface area (Å²) in [6, 6.07) is 13.8. The largest absolute Gasteiger partial charge is 0.375 e. The van der Waals surface area contributed by atoms with Gasteiger partial charge in [0.05, 0.1) is 11.9 Å². The van der Waals surface area contributed by atoms with E-state index in [9.17, 15) is 4.39 Å². The van der Waals surface area contributed by atoms with Crippen LogP contribution in [0.5, 0.6) is 0 Å². The third kappa shape index (κ3) is 5.24. The van der Waals surface area contributed by atoms with E-state index in [1.165, 1.54) is 17.8 Å². The lowest BCUT2D eigenvalue weighted by Gasteiger charge is -2.37. The summed E-state index contributed by atoms with van der Waals surface area (Å²) in [4.78, 5) is 4.53. The van der Waals surface area contributed by atoms with Gasteiger partial charge < -0.3 is 10.6 Å². The molecule has 2 aromatic rings. The van der Waals surface area contributed by atoms with E-state index in [2.05, 4.69) is 56.8 Å². The maximum atomic E-state index is 14.7. The predicted molar refractivity (Wildman–Crippen MR) is 113 cm³/mol. The molecule has 0 saturated carbocycles. The molecule has 0 radical (unpaired) electrons. The monoisotopic (exact) mass is 385 g/mol. The fraction of sp³-hybridized carbons (Fsp3) is 0.300. The molecular formula is C20H24FN5S. The van der Waals surface area contributed by atoms with Crippen molar-refractivity contribution >= 4 is 29.2 Å². The first kappa shape index (κ1) is 19.3. The summed E-state index contributed by atoms with van der Waals surface area (Å²) in [5.74, 6) is -0.233. The number of thiocarbonyl (C=S) groups is 1. The molecule has 3 N–H and O–H groups in total. The first-order valence-corrected chi connectivity index (χ1v) is 9.33. The second-order valence-electron chi connectivity index (χ2n) is 6.65. The van der Waals surface area contributed by atoms with E-state index in [-0.39, 0.29) is 10.9 Å². The lowest BCUT2D eigenvalue weighted by molar-refractivity contribution is 0.249. The molecule has 0 bridgehead atoms. The quantitative estimate of drug-likeness (QED) is 0.471. The average Bonchev–Trinajstić information content (AvgIpc) is 2.63. The Hall–Kier alpha value is -2.51. The normalized spacial score (nSPS) is 15.3. The molecule has 0 atom stereocenters. The van der Waals surface area contributed by atoms with Gasteiger partial charge in [-0.15, -0.1) is 0 Å². The molecule has 7 heteroatoms. The third-order valence-electron chi connectivity index (χ3n) is 4.60. The second-order valence-corrected chi connectivity index (χ2v) is 7.09. The lowest BCUT2D eigenvalue weighted by Crippen LogP contribution is -2.46. The zero-order valence-corrected chi connectivity index (χ0v) is 16.2. The van der Waals surface area contributed by atoms with Gasteiger partial charge >= 0.3 is 0 Å². The number of hydrogen-bond donors (Lipinski definition) is 2. The topological polar surface area (TPSA) is 56.9 Å². The Balaban J connectivity index is 1.63. The van der Waals surface area contributed by atoms with E-state index >= 15 is 0 Å². The van der Waals surface area contributed by atoms with E-state index in [4.69, 9.17) is 5.73 Å². The van der Waals surface area contributed by atoms with Gasteiger partial charge in [-0.2, -0.15) is 5.10 Å². The summed E-state index contributed by atoms with van der Waals surface area (Å²) in [7, 11) is 0. The zero-order valence-electron chi connectivity index (χ0n) is 15.4.